The van der Waals surface area contributed by atoms with Gasteiger partial charge in [0.15, 0.2) is 0 Å². The van der Waals surface area contributed by atoms with Crippen LogP contribution in [0.3, 0.4) is 0 Å². The maximum absolute atomic E-state index is 6.16. The van der Waals surface area contributed by atoms with Crippen LogP contribution in [0.15, 0.2) is 42.5 Å². The van der Waals surface area contributed by atoms with E-state index in [9.17, 15) is 0 Å². The van der Waals surface area contributed by atoms with E-state index in [1.54, 1.807) is 13.2 Å². The molecule has 0 saturated carbocycles. The number of nitrogens with one attached hydrogen (secondary N) is 1. The van der Waals surface area contributed by atoms with Crippen molar-refractivity contribution in [1.82, 2.24) is 5.32 Å². The van der Waals surface area contributed by atoms with Crippen LogP contribution >= 0.6 is 23.2 Å². The van der Waals surface area contributed by atoms with Crippen LogP contribution in [-0.4, -0.2) is 13.7 Å². The van der Waals surface area contributed by atoms with E-state index in [2.05, 4.69) is 17.4 Å². The third kappa shape index (κ3) is 5.01. The molecule has 2 aromatic carbocycles. The van der Waals surface area contributed by atoms with Crippen molar-refractivity contribution in [2.24, 2.45) is 0 Å². The first-order valence-electron chi connectivity index (χ1n) is 6.91. The zero-order valence-corrected chi connectivity index (χ0v) is 13.5. The largest absolute Gasteiger partial charge is 0.380 e. The summed E-state index contributed by atoms with van der Waals surface area (Å²) in [6.07, 6.45) is 0.877. The van der Waals surface area contributed by atoms with E-state index in [0.29, 0.717) is 11.6 Å². The van der Waals surface area contributed by atoms with Crippen molar-refractivity contribution < 1.29 is 4.74 Å². The number of ether oxygens (including phenoxy) is 1. The lowest BCUT2D eigenvalue weighted by atomic mass is 10.1. The Hall–Kier alpha value is -1.06. The molecule has 0 heterocycles. The van der Waals surface area contributed by atoms with Gasteiger partial charge in [-0.15, -0.1) is 0 Å². The summed E-state index contributed by atoms with van der Waals surface area (Å²) >= 11 is 12.1. The topological polar surface area (TPSA) is 21.3 Å². The van der Waals surface area contributed by atoms with E-state index in [4.69, 9.17) is 27.9 Å². The van der Waals surface area contributed by atoms with Gasteiger partial charge in [0.25, 0.3) is 0 Å². The number of rotatable bonds is 7. The molecule has 4 heteroatoms. The minimum Gasteiger partial charge on any atom is -0.380 e. The summed E-state index contributed by atoms with van der Waals surface area (Å²) in [6, 6.07) is 13.9. The molecule has 0 aliphatic rings. The van der Waals surface area contributed by atoms with E-state index < -0.39 is 0 Å². The first kappa shape index (κ1) is 16.3. The summed E-state index contributed by atoms with van der Waals surface area (Å²) in [5.74, 6) is 0. The van der Waals surface area contributed by atoms with Crippen LogP contribution in [0.5, 0.6) is 0 Å². The zero-order chi connectivity index (χ0) is 15.1. The lowest BCUT2D eigenvalue weighted by Gasteiger charge is -2.10. The summed E-state index contributed by atoms with van der Waals surface area (Å²) < 4.78 is 5.21. The maximum atomic E-state index is 6.16. The van der Waals surface area contributed by atoms with Gasteiger partial charge in [-0.1, -0.05) is 53.5 Å². The maximum Gasteiger partial charge on any atom is 0.0716 e. The van der Waals surface area contributed by atoms with E-state index in [1.165, 1.54) is 11.1 Å². The molecule has 2 aromatic rings. The molecule has 0 unspecified atom stereocenters. The van der Waals surface area contributed by atoms with Crippen LogP contribution in [0.25, 0.3) is 0 Å². The van der Waals surface area contributed by atoms with Crippen LogP contribution < -0.4 is 5.32 Å². The molecule has 112 valence electrons. The van der Waals surface area contributed by atoms with Crippen LogP contribution in [0.1, 0.15) is 16.7 Å². The average Bonchev–Trinajstić information content (AvgIpc) is 2.47. The summed E-state index contributed by atoms with van der Waals surface area (Å²) in [4.78, 5) is 0. The first-order valence-corrected chi connectivity index (χ1v) is 7.66. The first-order chi connectivity index (χ1) is 10.2. The molecule has 0 aromatic heterocycles. The monoisotopic (exact) mass is 323 g/mol. The van der Waals surface area contributed by atoms with Crippen molar-refractivity contribution in [1.29, 1.82) is 0 Å². The highest BCUT2D eigenvalue weighted by atomic mass is 35.5. The summed E-state index contributed by atoms with van der Waals surface area (Å²) in [7, 11) is 1.72. The number of hydrogen-bond donors (Lipinski definition) is 1. The Labute approximate surface area is 136 Å². The minimum absolute atomic E-state index is 0.640. The Kier molecular flexibility index (Phi) is 6.52. The summed E-state index contributed by atoms with van der Waals surface area (Å²) in [5, 5.41) is 4.84. The van der Waals surface area contributed by atoms with E-state index >= 15 is 0 Å². The van der Waals surface area contributed by atoms with Gasteiger partial charge in [-0.2, -0.15) is 0 Å². The smallest absolute Gasteiger partial charge is 0.0716 e. The molecule has 0 spiro atoms. The molecular formula is C17H19Cl2NO. The highest BCUT2D eigenvalue weighted by Gasteiger charge is 2.03. The number of methoxy groups -OCH3 is 1. The van der Waals surface area contributed by atoms with Gasteiger partial charge >= 0.3 is 0 Å². The van der Waals surface area contributed by atoms with Gasteiger partial charge in [0.2, 0.25) is 0 Å². The Morgan fingerprint density at radius 2 is 1.76 bits per heavy atom. The van der Waals surface area contributed by atoms with Crippen LogP contribution in [-0.2, 0) is 24.3 Å². The lowest BCUT2D eigenvalue weighted by Crippen LogP contribution is -2.18. The fourth-order valence-electron chi connectivity index (χ4n) is 2.20. The fourth-order valence-corrected chi connectivity index (χ4v) is 2.70. The molecule has 0 aliphatic carbocycles. The quantitative estimate of drug-likeness (QED) is 0.759. The molecule has 21 heavy (non-hydrogen) atoms. The second-order valence-electron chi connectivity index (χ2n) is 4.86. The van der Waals surface area contributed by atoms with Crippen LogP contribution in [0.4, 0.5) is 0 Å². The van der Waals surface area contributed by atoms with Gasteiger partial charge < -0.3 is 10.1 Å². The predicted octanol–water partition coefficient (Wildman–Crippen LogP) is 4.47. The van der Waals surface area contributed by atoms with Crippen molar-refractivity contribution in [3.8, 4) is 0 Å². The molecule has 0 fully saturated rings. The number of hydrogen-bond acceptors (Lipinski definition) is 2. The van der Waals surface area contributed by atoms with Crippen molar-refractivity contribution in [2.75, 3.05) is 13.7 Å². The standard InChI is InChI=1S/C17H19Cl2NO/c1-21-12-15-5-3-2-4-14(15)11-20-9-8-13-6-7-16(18)10-17(13)19/h2-7,10,20H,8-9,11-12H2,1H3. The molecule has 0 amide bonds. The lowest BCUT2D eigenvalue weighted by molar-refractivity contribution is 0.184. The summed E-state index contributed by atoms with van der Waals surface area (Å²) in [6.45, 7) is 2.33. The molecule has 0 bridgehead atoms. The van der Waals surface area contributed by atoms with E-state index in [1.807, 2.05) is 24.3 Å². The Morgan fingerprint density at radius 3 is 2.48 bits per heavy atom. The Balaban J connectivity index is 1.84. The zero-order valence-electron chi connectivity index (χ0n) is 12.0. The van der Waals surface area contributed by atoms with Crippen molar-refractivity contribution in [3.05, 3.63) is 69.2 Å². The second-order valence-corrected chi connectivity index (χ2v) is 5.71. The third-order valence-electron chi connectivity index (χ3n) is 3.32. The molecule has 0 saturated heterocycles. The second kappa shape index (κ2) is 8.40. The number of halogens is 2. The third-order valence-corrected chi connectivity index (χ3v) is 3.91. The molecule has 0 aliphatic heterocycles. The molecule has 1 N–H and O–H groups in total. The van der Waals surface area contributed by atoms with Gasteiger partial charge in [0.1, 0.15) is 0 Å². The van der Waals surface area contributed by atoms with Crippen molar-refractivity contribution >= 4 is 23.2 Å². The van der Waals surface area contributed by atoms with Crippen molar-refractivity contribution in [2.45, 2.75) is 19.6 Å². The van der Waals surface area contributed by atoms with Gasteiger partial charge in [-0.3, -0.25) is 0 Å². The Bertz CT molecular complexity index is 587. The fraction of sp³-hybridized carbons (Fsp3) is 0.294. The van der Waals surface area contributed by atoms with Crippen molar-refractivity contribution in [3.63, 3.8) is 0 Å². The molecule has 0 radical (unpaired) electrons. The average molecular weight is 324 g/mol. The highest BCUT2D eigenvalue weighted by molar-refractivity contribution is 6.35. The Morgan fingerprint density at radius 1 is 1.00 bits per heavy atom. The highest BCUT2D eigenvalue weighted by Crippen LogP contribution is 2.21. The molecule has 2 nitrogen and oxygen atoms in total. The molecular weight excluding hydrogens is 305 g/mol. The number of benzene rings is 2. The minimum atomic E-state index is 0.640. The van der Waals surface area contributed by atoms with Gasteiger partial charge in [0.05, 0.1) is 6.61 Å². The van der Waals surface area contributed by atoms with Crippen LogP contribution in [0.2, 0.25) is 10.0 Å². The van der Waals surface area contributed by atoms with Gasteiger partial charge in [-0.05, 0) is 41.8 Å². The van der Waals surface area contributed by atoms with E-state index in [-0.39, 0.29) is 0 Å². The SMILES string of the molecule is COCc1ccccc1CNCCc1ccc(Cl)cc1Cl. The van der Waals surface area contributed by atoms with E-state index in [0.717, 1.165) is 30.1 Å². The van der Waals surface area contributed by atoms with Crippen LogP contribution in [0, 0.1) is 0 Å². The summed E-state index contributed by atoms with van der Waals surface area (Å²) in [5.41, 5.74) is 3.59. The molecule has 2 rings (SSSR count). The predicted molar refractivity (Wildman–Crippen MR) is 89.0 cm³/mol. The normalized spacial score (nSPS) is 10.8. The van der Waals surface area contributed by atoms with Gasteiger partial charge in [-0.25, -0.2) is 0 Å². The molecule has 0 atom stereocenters. The van der Waals surface area contributed by atoms with Gasteiger partial charge in [0, 0.05) is 23.7 Å².